The van der Waals surface area contributed by atoms with E-state index < -0.39 is 0 Å². The third-order valence-corrected chi connectivity index (χ3v) is 6.04. The molecule has 0 saturated carbocycles. The normalized spacial score (nSPS) is 16.8. The highest BCUT2D eigenvalue weighted by Gasteiger charge is 2.32. The first kappa shape index (κ1) is 19.5. The minimum atomic E-state index is -0.0754. The van der Waals surface area contributed by atoms with Crippen molar-refractivity contribution in [3.05, 3.63) is 75.1 Å². The number of hydrogen-bond acceptors (Lipinski definition) is 3. The Bertz CT molecular complexity index is 931. The molecule has 27 heavy (non-hydrogen) atoms. The average Bonchev–Trinajstić information content (AvgIpc) is 3.04. The molecule has 140 valence electrons. The maximum absolute atomic E-state index is 12.3. The second-order valence-corrected chi connectivity index (χ2v) is 8.30. The van der Waals surface area contributed by atoms with Gasteiger partial charge in [0.2, 0.25) is 5.91 Å². The molecule has 6 heteroatoms. The van der Waals surface area contributed by atoms with Crippen LogP contribution in [0.4, 0.5) is 0 Å². The Labute approximate surface area is 168 Å². The average molecular weight is 401 g/mol. The summed E-state index contributed by atoms with van der Waals surface area (Å²) >= 11 is 7.84. The summed E-state index contributed by atoms with van der Waals surface area (Å²) in [4.78, 5) is 15.2. The van der Waals surface area contributed by atoms with Crippen LogP contribution < -0.4 is 5.32 Å². The Balaban J connectivity index is 2.15. The Morgan fingerprint density at radius 1 is 1.41 bits per heavy atom. The van der Waals surface area contributed by atoms with Crippen molar-refractivity contribution in [2.75, 3.05) is 13.6 Å². The topological polar surface area (TPSA) is 60.8 Å². The molecule has 1 aliphatic rings. The molecule has 0 radical (unpaired) electrons. The lowest BCUT2D eigenvalue weighted by Crippen LogP contribution is -2.73. The van der Waals surface area contributed by atoms with Crippen LogP contribution in [-0.4, -0.2) is 30.1 Å². The lowest BCUT2D eigenvalue weighted by Gasteiger charge is -2.33. The number of benzene rings is 1. The molecule has 3 rings (SSSR count). The molecule has 2 aromatic rings. The zero-order valence-corrected chi connectivity index (χ0v) is 17.0. The van der Waals surface area contributed by atoms with E-state index in [-0.39, 0.29) is 11.8 Å². The van der Waals surface area contributed by atoms with Gasteiger partial charge in [-0.25, -0.2) is 0 Å². The Kier molecular flexibility index (Phi) is 5.95. The van der Waals surface area contributed by atoms with Crippen molar-refractivity contribution >= 4 is 40.1 Å². The van der Waals surface area contributed by atoms with Gasteiger partial charge in [0.1, 0.15) is 6.20 Å². The molecule has 1 atom stereocenters. The first-order valence-corrected chi connectivity index (χ1v) is 9.99. The van der Waals surface area contributed by atoms with Gasteiger partial charge in [0.05, 0.1) is 23.5 Å². The van der Waals surface area contributed by atoms with Crippen LogP contribution in [0.2, 0.25) is 4.34 Å². The molecule has 0 spiro atoms. The maximum Gasteiger partial charge on any atom is 0.246 e. The molecule has 0 fully saturated rings. The van der Waals surface area contributed by atoms with Gasteiger partial charge in [-0.15, -0.1) is 11.3 Å². The summed E-state index contributed by atoms with van der Waals surface area (Å²) in [5.74, 6) is -0.0641. The number of nitrogens with zero attached hydrogens (tertiary/aromatic N) is 1. The monoisotopic (exact) mass is 400 g/mol. The molecular formula is C21H23ClN3OS+. The lowest BCUT2D eigenvalue weighted by atomic mass is 9.83. The van der Waals surface area contributed by atoms with E-state index in [1.165, 1.54) is 23.0 Å². The lowest BCUT2D eigenvalue weighted by molar-refractivity contribution is -0.555. The van der Waals surface area contributed by atoms with Crippen LogP contribution in [-0.2, 0) is 11.3 Å². The van der Waals surface area contributed by atoms with Gasteiger partial charge in [-0.05, 0) is 35.8 Å². The first-order valence-electron chi connectivity index (χ1n) is 8.80. The molecule has 0 aliphatic carbocycles. The minimum absolute atomic E-state index is 0.0113. The van der Waals surface area contributed by atoms with Crippen molar-refractivity contribution < 1.29 is 10.1 Å². The second kappa shape index (κ2) is 8.21. The number of quaternary nitrogens is 1. The molecule has 0 unspecified atom stereocenters. The van der Waals surface area contributed by atoms with Crippen LogP contribution in [0.5, 0.6) is 0 Å². The quantitative estimate of drug-likeness (QED) is 0.584. The number of thiophene rings is 1. The number of amides is 1. The number of rotatable bonds is 5. The van der Waals surface area contributed by atoms with Gasteiger partial charge in [-0.1, -0.05) is 42.4 Å². The van der Waals surface area contributed by atoms with Gasteiger partial charge in [0.15, 0.2) is 0 Å². The van der Waals surface area contributed by atoms with E-state index in [0.29, 0.717) is 18.8 Å². The molecule has 0 bridgehead atoms. The summed E-state index contributed by atoms with van der Waals surface area (Å²) in [7, 11) is 1.95. The van der Waals surface area contributed by atoms with Crippen molar-refractivity contribution in [1.82, 2.24) is 4.90 Å². The van der Waals surface area contributed by atoms with E-state index in [0.717, 1.165) is 25.9 Å². The summed E-state index contributed by atoms with van der Waals surface area (Å²) < 4.78 is 0.733. The van der Waals surface area contributed by atoms with Crippen LogP contribution >= 0.6 is 22.9 Å². The largest absolute Gasteiger partial charge is 0.333 e. The highest BCUT2D eigenvalue weighted by molar-refractivity contribution is 7.16. The van der Waals surface area contributed by atoms with Gasteiger partial charge >= 0.3 is 0 Å². The molecule has 3 N–H and O–H groups in total. The standard InChI is InChI=1S/C21H22ClN3OS/c1-4-21(26)25-11-18(16-9-20(22)27-19(16)12-25)15-8-6-5-7-14(15)17(10-24-3)13(2)23/h4-10,18,23-24H,1,11-12H2,2-3H3/p+1/b17-10+,23-13?/t18-/m1/s1. The zero-order valence-electron chi connectivity index (χ0n) is 15.5. The number of hydrogen-bond donors (Lipinski definition) is 2. The number of allylic oxidation sites excluding steroid dienone is 1. The van der Waals surface area contributed by atoms with Crippen LogP contribution in [0.25, 0.3) is 5.57 Å². The van der Waals surface area contributed by atoms with E-state index in [2.05, 4.69) is 12.6 Å². The predicted molar refractivity (Wildman–Crippen MR) is 112 cm³/mol. The fourth-order valence-corrected chi connectivity index (χ4v) is 4.93. The molecule has 1 aromatic heterocycles. The Morgan fingerprint density at radius 3 is 2.81 bits per heavy atom. The minimum Gasteiger partial charge on any atom is -0.333 e. The summed E-state index contributed by atoms with van der Waals surface area (Å²) in [6, 6.07) is 10.1. The number of carbonyl (C=O) groups excluding carboxylic acids is 1. The second-order valence-electron chi connectivity index (χ2n) is 6.53. The van der Waals surface area contributed by atoms with Crippen molar-refractivity contribution in [1.29, 1.82) is 5.41 Å². The number of nitrogens with one attached hydrogen (secondary N) is 1. The number of nitrogens with two attached hydrogens (primary N) is 1. The first-order chi connectivity index (χ1) is 13.0. The number of fused-ring (bicyclic) bond motifs is 1. The fourth-order valence-electron chi connectivity index (χ4n) is 3.58. The van der Waals surface area contributed by atoms with Crippen molar-refractivity contribution in [2.45, 2.75) is 19.4 Å². The molecule has 4 nitrogen and oxygen atoms in total. The van der Waals surface area contributed by atoms with Gasteiger partial charge in [-0.2, -0.15) is 0 Å². The van der Waals surface area contributed by atoms with E-state index in [1.54, 1.807) is 6.92 Å². The molecular weight excluding hydrogens is 378 g/mol. The highest BCUT2D eigenvalue weighted by Crippen LogP contribution is 2.42. The number of carbonyl (C=O) groups is 1. The van der Waals surface area contributed by atoms with Crippen molar-refractivity contribution in [3.8, 4) is 0 Å². The summed E-state index contributed by atoms with van der Waals surface area (Å²) in [6.07, 6.45) is 3.33. The third kappa shape index (κ3) is 3.90. The van der Waals surface area contributed by atoms with Crippen LogP contribution in [0, 0.1) is 5.41 Å². The highest BCUT2D eigenvalue weighted by atomic mass is 35.5. The third-order valence-electron chi connectivity index (χ3n) is 4.77. The SMILES string of the molecule is C=CC(=O)N1Cc2sc(Cl)cc2[C@@H](c2ccccc2/C(=C/[NH2+]C)C(C)=N)C1. The Hall–Kier alpha value is -2.21. The van der Waals surface area contributed by atoms with Crippen LogP contribution in [0.3, 0.4) is 0 Å². The van der Waals surface area contributed by atoms with Gasteiger partial charge in [0.25, 0.3) is 0 Å². The molecule has 1 aliphatic heterocycles. The number of halogens is 1. The van der Waals surface area contributed by atoms with E-state index >= 15 is 0 Å². The molecule has 1 amide bonds. The molecule has 0 saturated heterocycles. The maximum atomic E-state index is 12.3. The summed E-state index contributed by atoms with van der Waals surface area (Å²) in [5, 5.41) is 10.2. The molecule has 1 aromatic carbocycles. The van der Waals surface area contributed by atoms with E-state index in [4.69, 9.17) is 17.0 Å². The van der Waals surface area contributed by atoms with Crippen molar-refractivity contribution in [3.63, 3.8) is 0 Å². The smallest absolute Gasteiger partial charge is 0.246 e. The molecule has 2 heterocycles. The van der Waals surface area contributed by atoms with Gasteiger partial charge in [-0.3, -0.25) is 4.79 Å². The van der Waals surface area contributed by atoms with Crippen molar-refractivity contribution in [2.24, 2.45) is 0 Å². The summed E-state index contributed by atoms with van der Waals surface area (Å²) in [6.45, 7) is 6.56. The fraction of sp³-hybridized carbons (Fsp3) is 0.238. The van der Waals surface area contributed by atoms with Gasteiger partial charge in [0, 0.05) is 23.1 Å². The predicted octanol–water partition coefficient (Wildman–Crippen LogP) is 3.64. The van der Waals surface area contributed by atoms with E-state index in [1.807, 2.05) is 47.7 Å². The zero-order chi connectivity index (χ0) is 19.6. The van der Waals surface area contributed by atoms with Gasteiger partial charge < -0.3 is 15.6 Å². The Morgan fingerprint density at radius 2 is 2.15 bits per heavy atom. The summed E-state index contributed by atoms with van der Waals surface area (Å²) in [5.41, 5.74) is 4.71. The van der Waals surface area contributed by atoms with Crippen LogP contribution in [0.1, 0.15) is 34.4 Å². The van der Waals surface area contributed by atoms with E-state index in [9.17, 15) is 4.79 Å². The van der Waals surface area contributed by atoms with Crippen LogP contribution in [0.15, 0.2) is 49.2 Å².